The molecule has 1 fully saturated rings. The molecule has 0 spiro atoms. The van der Waals surface area contributed by atoms with E-state index in [9.17, 15) is 13.2 Å². The third kappa shape index (κ3) is 6.95. The minimum absolute atomic E-state index is 0.119. The zero-order chi connectivity index (χ0) is 21.1. The number of nitrogens with zero attached hydrogens (tertiary/aromatic N) is 1. The van der Waals surface area contributed by atoms with E-state index in [1.54, 1.807) is 7.11 Å². The molecule has 1 aromatic carbocycles. The summed E-state index contributed by atoms with van der Waals surface area (Å²) >= 11 is 0. The number of carbonyl (C=O) groups excluding carboxylic acids is 1. The van der Waals surface area contributed by atoms with Crippen molar-refractivity contribution in [3.8, 4) is 5.75 Å². The molecule has 0 aromatic heterocycles. The van der Waals surface area contributed by atoms with Crippen molar-refractivity contribution in [3.63, 3.8) is 0 Å². The Kier molecular flexibility index (Phi) is 9.86. The summed E-state index contributed by atoms with van der Waals surface area (Å²) in [5, 5.41) is 2.79. The normalized spacial score (nSPS) is 15.7. The Bertz CT molecular complexity index is 745. The molecular formula is C20H32N2O6S. The number of hydrogen-bond donors (Lipinski definition) is 1. The van der Waals surface area contributed by atoms with E-state index in [1.807, 2.05) is 0 Å². The third-order valence-corrected chi connectivity index (χ3v) is 6.70. The predicted molar refractivity (Wildman–Crippen MR) is 110 cm³/mol. The molecular weight excluding hydrogens is 396 g/mol. The van der Waals surface area contributed by atoms with E-state index in [1.165, 1.54) is 29.6 Å². The number of rotatable bonds is 11. The molecule has 1 N–H and O–H groups in total. The van der Waals surface area contributed by atoms with E-state index < -0.39 is 10.0 Å². The van der Waals surface area contributed by atoms with Gasteiger partial charge in [0.05, 0.1) is 30.8 Å². The molecule has 0 unspecified atom stereocenters. The molecule has 0 saturated carbocycles. The fourth-order valence-electron chi connectivity index (χ4n) is 3.17. The summed E-state index contributed by atoms with van der Waals surface area (Å²) in [4.78, 5) is 12.7. The second-order valence-corrected chi connectivity index (χ2v) is 8.83. The van der Waals surface area contributed by atoms with Crippen LogP contribution >= 0.6 is 0 Å². The first kappa shape index (κ1) is 23.6. The SMILES string of the molecule is COCCOCCCNC(=O)c1cc(S(=O)(=O)N2CCCCCC2)ccc1OC. The molecule has 0 bridgehead atoms. The Balaban J connectivity index is 2.04. The van der Waals surface area contributed by atoms with Crippen molar-refractivity contribution in [1.82, 2.24) is 9.62 Å². The van der Waals surface area contributed by atoms with Gasteiger partial charge in [-0.2, -0.15) is 4.31 Å². The van der Waals surface area contributed by atoms with Crippen LogP contribution in [0.15, 0.2) is 23.1 Å². The summed E-state index contributed by atoms with van der Waals surface area (Å²) in [6, 6.07) is 4.44. The maximum atomic E-state index is 13.0. The number of sulfonamides is 1. The van der Waals surface area contributed by atoms with Crippen LogP contribution in [-0.2, 0) is 19.5 Å². The minimum Gasteiger partial charge on any atom is -0.496 e. The van der Waals surface area contributed by atoms with Crippen molar-refractivity contribution in [1.29, 1.82) is 0 Å². The Morgan fingerprint density at radius 3 is 2.45 bits per heavy atom. The van der Waals surface area contributed by atoms with Gasteiger partial charge < -0.3 is 19.5 Å². The van der Waals surface area contributed by atoms with Crippen molar-refractivity contribution in [2.24, 2.45) is 0 Å². The van der Waals surface area contributed by atoms with Crippen molar-refractivity contribution in [2.45, 2.75) is 37.0 Å². The molecule has 2 rings (SSSR count). The van der Waals surface area contributed by atoms with E-state index in [-0.39, 0.29) is 16.4 Å². The molecule has 0 atom stereocenters. The number of hydrogen-bond acceptors (Lipinski definition) is 6. The standard InChI is InChI=1S/C20H32N2O6S/c1-26-14-15-28-13-7-10-21-20(23)18-16-17(8-9-19(18)27-2)29(24,25)22-11-5-3-4-6-12-22/h8-9,16H,3-7,10-15H2,1-2H3,(H,21,23). The Morgan fingerprint density at radius 2 is 1.79 bits per heavy atom. The van der Waals surface area contributed by atoms with E-state index >= 15 is 0 Å². The van der Waals surface area contributed by atoms with E-state index in [0.29, 0.717) is 51.6 Å². The monoisotopic (exact) mass is 428 g/mol. The lowest BCUT2D eigenvalue weighted by atomic mass is 10.2. The second kappa shape index (κ2) is 12.1. The van der Waals surface area contributed by atoms with Crippen LogP contribution in [0.2, 0.25) is 0 Å². The highest BCUT2D eigenvalue weighted by molar-refractivity contribution is 7.89. The van der Waals surface area contributed by atoms with Crippen LogP contribution in [0.5, 0.6) is 5.75 Å². The molecule has 1 heterocycles. The van der Waals surface area contributed by atoms with Gasteiger partial charge in [-0.15, -0.1) is 0 Å². The first-order valence-electron chi connectivity index (χ1n) is 10.0. The van der Waals surface area contributed by atoms with Gasteiger partial charge in [0.2, 0.25) is 10.0 Å². The number of amides is 1. The van der Waals surface area contributed by atoms with Crippen LogP contribution < -0.4 is 10.1 Å². The Morgan fingerprint density at radius 1 is 1.07 bits per heavy atom. The average molecular weight is 429 g/mol. The average Bonchev–Trinajstić information content (AvgIpc) is 3.02. The van der Waals surface area contributed by atoms with Crippen LogP contribution in [0, 0.1) is 0 Å². The molecule has 1 saturated heterocycles. The third-order valence-electron chi connectivity index (χ3n) is 4.80. The summed E-state index contributed by atoms with van der Waals surface area (Å²) in [6.07, 6.45) is 4.43. The molecule has 1 aliphatic heterocycles. The molecule has 164 valence electrons. The number of ether oxygens (including phenoxy) is 3. The smallest absolute Gasteiger partial charge is 0.255 e. The molecule has 1 aromatic rings. The van der Waals surface area contributed by atoms with Gasteiger partial charge in [0.1, 0.15) is 5.75 Å². The van der Waals surface area contributed by atoms with Gasteiger partial charge in [0.15, 0.2) is 0 Å². The number of methoxy groups -OCH3 is 2. The van der Waals surface area contributed by atoms with Gasteiger partial charge >= 0.3 is 0 Å². The first-order chi connectivity index (χ1) is 14.0. The molecule has 1 aliphatic rings. The van der Waals surface area contributed by atoms with Crippen LogP contribution in [0.25, 0.3) is 0 Å². The summed E-state index contributed by atoms with van der Waals surface area (Å²) in [5.74, 6) is -0.0275. The largest absolute Gasteiger partial charge is 0.496 e. The fraction of sp³-hybridized carbons (Fsp3) is 0.650. The Labute approximate surface area is 173 Å². The minimum atomic E-state index is -3.64. The zero-order valence-electron chi connectivity index (χ0n) is 17.3. The summed E-state index contributed by atoms with van der Waals surface area (Å²) in [6.45, 7) is 2.98. The maximum absolute atomic E-state index is 13.0. The van der Waals surface area contributed by atoms with Crippen molar-refractivity contribution >= 4 is 15.9 Å². The predicted octanol–water partition coefficient (Wildman–Crippen LogP) is 2.04. The van der Waals surface area contributed by atoms with E-state index in [2.05, 4.69) is 5.32 Å². The van der Waals surface area contributed by atoms with Crippen LogP contribution in [-0.4, -0.2) is 72.3 Å². The van der Waals surface area contributed by atoms with Crippen molar-refractivity contribution < 1.29 is 27.4 Å². The van der Waals surface area contributed by atoms with Gasteiger partial charge in [-0.25, -0.2) is 8.42 Å². The quantitative estimate of drug-likeness (QED) is 0.542. The van der Waals surface area contributed by atoms with Crippen LogP contribution in [0.3, 0.4) is 0 Å². The van der Waals surface area contributed by atoms with E-state index in [4.69, 9.17) is 14.2 Å². The highest BCUT2D eigenvalue weighted by atomic mass is 32.2. The zero-order valence-corrected chi connectivity index (χ0v) is 18.1. The molecule has 1 amide bonds. The van der Waals surface area contributed by atoms with Gasteiger partial charge in [0.25, 0.3) is 5.91 Å². The highest BCUT2D eigenvalue weighted by Gasteiger charge is 2.27. The lowest BCUT2D eigenvalue weighted by molar-refractivity contribution is 0.0688. The van der Waals surface area contributed by atoms with E-state index in [0.717, 1.165) is 25.7 Å². The first-order valence-corrected chi connectivity index (χ1v) is 11.5. The summed E-state index contributed by atoms with van der Waals surface area (Å²) in [5.41, 5.74) is 0.212. The lowest BCUT2D eigenvalue weighted by Gasteiger charge is -2.20. The van der Waals surface area contributed by atoms with Crippen molar-refractivity contribution in [2.75, 3.05) is 53.7 Å². The number of carbonyl (C=O) groups is 1. The van der Waals surface area contributed by atoms with Gasteiger partial charge in [0, 0.05) is 33.4 Å². The second-order valence-electron chi connectivity index (χ2n) is 6.90. The van der Waals surface area contributed by atoms with Gasteiger partial charge in [-0.1, -0.05) is 12.8 Å². The molecule has 9 heteroatoms. The van der Waals surface area contributed by atoms with Gasteiger partial charge in [-0.3, -0.25) is 4.79 Å². The highest BCUT2D eigenvalue weighted by Crippen LogP contribution is 2.26. The molecule has 0 aliphatic carbocycles. The lowest BCUT2D eigenvalue weighted by Crippen LogP contribution is -2.32. The van der Waals surface area contributed by atoms with Gasteiger partial charge in [-0.05, 0) is 37.5 Å². The topological polar surface area (TPSA) is 94.2 Å². The molecule has 8 nitrogen and oxygen atoms in total. The summed E-state index contributed by atoms with van der Waals surface area (Å²) < 4.78 is 43.1. The van der Waals surface area contributed by atoms with Crippen molar-refractivity contribution in [3.05, 3.63) is 23.8 Å². The summed E-state index contributed by atoms with van der Waals surface area (Å²) in [7, 11) is -0.572. The number of nitrogens with one attached hydrogen (secondary N) is 1. The van der Waals surface area contributed by atoms with Crippen LogP contribution in [0.1, 0.15) is 42.5 Å². The molecule has 0 radical (unpaired) electrons. The Hall–Kier alpha value is -1.68. The molecule has 29 heavy (non-hydrogen) atoms. The fourth-order valence-corrected chi connectivity index (χ4v) is 4.72. The van der Waals surface area contributed by atoms with Crippen LogP contribution in [0.4, 0.5) is 0 Å². The maximum Gasteiger partial charge on any atom is 0.255 e. The number of benzene rings is 1.